The lowest BCUT2D eigenvalue weighted by Crippen LogP contribution is -2.18. The molecule has 1 atom stereocenters. The van der Waals surface area contributed by atoms with Gasteiger partial charge in [0.15, 0.2) is 0 Å². The molecule has 0 aliphatic rings. The van der Waals surface area contributed by atoms with Crippen molar-refractivity contribution in [3.63, 3.8) is 0 Å². The summed E-state index contributed by atoms with van der Waals surface area (Å²) in [6, 6.07) is 11.3. The molecule has 0 aliphatic heterocycles. The minimum Gasteiger partial charge on any atom is -0.497 e. The molecule has 1 unspecified atom stereocenters. The molecule has 0 fully saturated rings. The highest BCUT2D eigenvalue weighted by molar-refractivity contribution is 5.86. The molecule has 0 saturated carbocycles. The highest BCUT2D eigenvalue weighted by Crippen LogP contribution is 2.22. The van der Waals surface area contributed by atoms with Gasteiger partial charge in [0.05, 0.1) is 20.3 Å². The molecular formula is C16H19NO4. The zero-order valence-corrected chi connectivity index (χ0v) is 12.4. The van der Waals surface area contributed by atoms with Crippen LogP contribution in [0.3, 0.4) is 0 Å². The Morgan fingerprint density at radius 3 is 2.48 bits per heavy atom. The summed E-state index contributed by atoms with van der Waals surface area (Å²) in [4.78, 5) is 11.4. The first kappa shape index (κ1) is 15.1. The number of ether oxygens (including phenoxy) is 2. The Morgan fingerprint density at radius 1 is 1.19 bits per heavy atom. The highest BCUT2D eigenvalue weighted by Gasteiger charge is 2.17. The van der Waals surface area contributed by atoms with Gasteiger partial charge in [0.25, 0.3) is 0 Å². The van der Waals surface area contributed by atoms with Gasteiger partial charge in [-0.2, -0.15) is 0 Å². The van der Waals surface area contributed by atoms with Gasteiger partial charge in [0.1, 0.15) is 11.5 Å². The maximum atomic E-state index is 11.4. The summed E-state index contributed by atoms with van der Waals surface area (Å²) in [6.45, 7) is 0. The minimum atomic E-state index is -0.472. The van der Waals surface area contributed by atoms with Gasteiger partial charge in [-0.15, -0.1) is 0 Å². The van der Waals surface area contributed by atoms with E-state index < -0.39 is 5.97 Å². The van der Waals surface area contributed by atoms with E-state index in [2.05, 4.69) is 10.1 Å². The highest BCUT2D eigenvalue weighted by atomic mass is 16.5. The van der Waals surface area contributed by atoms with Gasteiger partial charge in [0.2, 0.25) is 5.76 Å². The van der Waals surface area contributed by atoms with E-state index in [0.717, 1.165) is 17.7 Å². The third kappa shape index (κ3) is 3.64. The molecule has 0 aliphatic carbocycles. The van der Waals surface area contributed by atoms with Gasteiger partial charge in [-0.05, 0) is 43.3 Å². The lowest BCUT2D eigenvalue weighted by molar-refractivity contribution is 0.0562. The standard InChI is InChI=1S/C16H19NO4/c1-17-13(10-11-4-6-12(19-2)7-5-11)14-8-9-15(21-14)16(18)20-3/h4-9,13,17H,10H2,1-3H3. The molecule has 21 heavy (non-hydrogen) atoms. The number of furan rings is 1. The first-order valence-electron chi connectivity index (χ1n) is 6.66. The number of rotatable bonds is 6. The summed E-state index contributed by atoms with van der Waals surface area (Å²) in [7, 11) is 4.83. The van der Waals surface area contributed by atoms with Crippen LogP contribution >= 0.6 is 0 Å². The number of benzene rings is 1. The van der Waals surface area contributed by atoms with E-state index in [9.17, 15) is 4.79 Å². The molecule has 5 heteroatoms. The molecule has 0 radical (unpaired) electrons. The maximum absolute atomic E-state index is 11.4. The number of carbonyl (C=O) groups is 1. The fourth-order valence-electron chi connectivity index (χ4n) is 2.09. The Balaban J connectivity index is 2.11. The quantitative estimate of drug-likeness (QED) is 0.828. The lowest BCUT2D eigenvalue weighted by Gasteiger charge is -2.14. The predicted molar refractivity (Wildman–Crippen MR) is 78.5 cm³/mol. The molecule has 0 spiro atoms. The number of esters is 1. The van der Waals surface area contributed by atoms with Crippen LogP contribution < -0.4 is 10.1 Å². The fraction of sp³-hybridized carbons (Fsp3) is 0.312. The molecule has 0 saturated heterocycles. The average Bonchev–Trinajstić information content (AvgIpc) is 3.02. The van der Waals surface area contributed by atoms with Crippen LogP contribution in [0.4, 0.5) is 0 Å². The fourth-order valence-corrected chi connectivity index (χ4v) is 2.09. The molecule has 2 rings (SSSR count). The second-order valence-electron chi connectivity index (χ2n) is 4.59. The van der Waals surface area contributed by atoms with Crippen molar-refractivity contribution >= 4 is 5.97 Å². The molecule has 5 nitrogen and oxygen atoms in total. The Bertz CT molecular complexity index is 589. The van der Waals surface area contributed by atoms with Crippen molar-refractivity contribution in [2.45, 2.75) is 12.5 Å². The molecule has 1 heterocycles. The van der Waals surface area contributed by atoms with Crippen molar-refractivity contribution in [2.75, 3.05) is 21.3 Å². The smallest absolute Gasteiger partial charge is 0.373 e. The molecule has 0 bridgehead atoms. The van der Waals surface area contributed by atoms with Crippen molar-refractivity contribution in [1.29, 1.82) is 0 Å². The third-order valence-corrected chi connectivity index (χ3v) is 3.30. The molecule has 112 valence electrons. The number of hydrogen-bond acceptors (Lipinski definition) is 5. The van der Waals surface area contributed by atoms with E-state index >= 15 is 0 Å². The zero-order valence-electron chi connectivity index (χ0n) is 12.4. The van der Waals surface area contributed by atoms with E-state index in [1.165, 1.54) is 7.11 Å². The van der Waals surface area contributed by atoms with Gasteiger partial charge < -0.3 is 19.2 Å². The van der Waals surface area contributed by atoms with E-state index in [-0.39, 0.29) is 11.8 Å². The maximum Gasteiger partial charge on any atom is 0.373 e. The number of carbonyl (C=O) groups excluding carboxylic acids is 1. The molecule has 0 amide bonds. The van der Waals surface area contributed by atoms with Crippen LogP contribution in [0.5, 0.6) is 5.75 Å². The predicted octanol–water partition coefficient (Wildman–Crippen LogP) is 2.58. The second-order valence-corrected chi connectivity index (χ2v) is 4.59. The first-order chi connectivity index (χ1) is 10.2. The first-order valence-corrected chi connectivity index (χ1v) is 6.66. The van der Waals surface area contributed by atoms with Crippen LogP contribution in [0.15, 0.2) is 40.8 Å². The lowest BCUT2D eigenvalue weighted by atomic mass is 10.0. The van der Waals surface area contributed by atoms with Crippen molar-refractivity contribution < 1.29 is 18.7 Å². The van der Waals surface area contributed by atoms with Crippen LogP contribution in [-0.4, -0.2) is 27.2 Å². The summed E-state index contributed by atoms with van der Waals surface area (Å²) in [6.07, 6.45) is 0.745. The van der Waals surface area contributed by atoms with Crippen LogP contribution in [0, 0.1) is 0 Å². The van der Waals surface area contributed by atoms with Gasteiger partial charge >= 0.3 is 5.97 Å². The van der Waals surface area contributed by atoms with Crippen LogP contribution in [0.2, 0.25) is 0 Å². The number of methoxy groups -OCH3 is 2. The minimum absolute atomic E-state index is 0.0169. The topological polar surface area (TPSA) is 60.7 Å². The number of likely N-dealkylation sites (N-methyl/N-ethyl adjacent to an activating group) is 1. The zero-order chi connectivity index (χ0) is 15.2. The third-order valence-electron chi connectivity index (χ3n) is 3.30. The van der Waals surface area contributed by atoms with Crippen molar-refractivity contribution in [1.82, 2.24) is 5.32 Å². The van der Waals surface area contributed by atoms with Crippen LogP contribution in [0.1, 0.15) is 27.9 Å². The summed E-state index contributed by atoms with van der Waals surface area (Å²) in [5.74, 6) is 1.27. The summed E-state index contributed by atoms with van der Waals surface area (Å²) < 4.78 is 15.3. The Morgan fingerprint density at radius 2 is 1.90 bits per heavy atom. The molecule has 1 aromatic carbocycles. The second kappa shape index (κ2) is 6.95. The summed E-state index contributed by atoms with van der Waals surface area (Å²) in [5, 5.41) is 3.19. The van der Waals surface area contributed by atoms with Crippen LogP contribution in [0.25, 0.3) is 0 Å². The molecule has 1 N–H and O–H groups in total. The van der Waals surface area contributed by atoms with Crippen LogP contribution in [-0.2, 0) is 11.2 Å². The van der Waals surface area contributed by atoms with E-state index in [1.807, 2.05) is 31.3 Å². The Labute approximate surface area is 123 Å². The Kier molecular flexibility index (Phi) is 5.00. The van der Waals surface area contributed by atoms with Gasteiger partial charge in [-0.1, -0.05) is 12.1 Å². The Hall–Kier alpha value is -2.27. The molecule has 2 aromatic rings. The number of nitrogens with one attached hydrogen (secondary N) is 1. The van der Waals surface area contributed by atoms with Gasteiger partial charge in [0, 0.05) is 0 Å². The van der Waals surface area contributed by atoms with E-state index in [1.54, 1.807) is 19.2 Å². The van der Waals surface area contributed by atoms with E-state index in [4.69, 9.17) is 9.15 Å². The van der Waals surface area contributed by atoms with Crippen molar-refractivity contribution in [3.05, 3.63) is 53.5 Å². The molecule has 1 aromatic heterocycles. The normalized spacial score (nSPS) is 12.0. The molecular weight excluding hydrogens is 270 g/mol. The van der Waals surface area contributed by atoms with Crippen molar-refractivity contribution in [2.24, 2.45) is 0 Å². The summed E-state index contributed by atoms with van der Waals surface area (Å²) in [5.41, 5.74) is 1.14. The van der Waals surface area contributed by atoms with Crippen molar-refractivity contribution in [3.8, 4) is 5.75 Å². The monoisotopic (exact) mass is 289 g/mol. The van der Waals surface area contributed by atoms with E-state index in [0.29, 0.717) is 5.76 Å². The van der Waals surface area contributed by atoms with Gasteiger partial charge in [-0.25, -0.2) is 4.79 Å². The largest absolute Gasteiger partial charge is 0.497 e. The number of hydrogen-bond donors (Lipinski definition) is 1. The summed E-state index contributed by atoms with van der Waals surface area (Å²) >= 11 is 0. The van der Waals surface area contributed by atoms with Gasteiger partial charge in [-0.3, -0.25) is 0 Å². The SMILES string of the molecule is CNC(Cc1ccc(OC)cc1)c1ccc(C(=O)OC)o1. The average molecular weight is 289 g/mol.